The summed E-state index contributed by atoms with van der Waals surface area (Å²) in [4.78, 5) is 0. The number of ether oxygens (including phenoxy) is 1. The van der Waals surface area contributed by atoms with Gasteiger partial charge < -0.3 is 10.1 Å². The quantitative estimate of drug-likeness (QED) is 0.685. The van der Waals surface area contributed by atoms with Crippen molar-refractivity contribution in [2.75, 3.05) is 13.2 Å². The van der Waals surface area contributed by atoms with Crippen LogP contribution in [0.4, 0.5) is 0 Å². The lowest BCUT2D eigenvalue weighted by Gasteiger charge is -2.29. The maximum atomic E-state index is 5.75. The summed E-state index contributed by atoms with van der Waals surface area (Å²) in [5, 5.41) is 3.48. The SMILES string of the molecule is CC(C)(C)OC[C@@]1(C)CCCN1. The van der Waals surface area contributed by atoms with Crippen molar-refractivity contribution in [3.8, 4) is 0 Å². The molecule has 0 spiro atoms. The van der Waals surface area contributed by atoms with Crippen LogP contribution < -0.4 is 5.32 Å². The fourth-order valence-corrected chi connectivity index (χ4v) is 1.46. The summed E-state index contributed by atoms with van der Waals surface area (Å²) in [6.45, 7) is 10.5. The van der Waals surface area contributed by atoms with E-state index in [0.29, 0.717) is 0 Å². The Balaban J connectivity index is 2.30. The van der Waals surface area contributed by atoms with Crippen LogP contribution in [0, 0.1) is 0 Å². The Labute approximate surface area is 75.7 Å². The number of rotatable bonds is 2. The van der Waals surface area contributed by atoms with Gasteiger partial charge in [0.25, 0.3) is 0 Å². The highest BCUT2D eigenvalue weighted by molar-refractivity contribution is 4.88. The van der Waals surface area contributed by atoms with Crippen molar-refractivity contribution in [1.29, 1.82) is 0 Å². The van der Waals surface area contributed by atoms with Crippen molar-refractivity contribution in [2.45, 2.75) is 51.7 Å². The summed E-state index contributed by atoms with van der Waals surface area (Å²) < 4.78 is 5.75. The van der Waals surface area contributed by atoms with Crippen LogP contribution in [0.25, 0.3) is 0 Å². The van der Waals surface area contributed by atoms with E-state index in [9.17, 15) is 0 Å². The second kappa shape index (κ2) is 3.35. The van der Waals surface area contributed by atoms with Gasteiger partial charge in [0.1, 0.15) is 0 Å². The first-order chi connectivity index (χ1) is 5.41. The minimum absolute atomic E-state index is 0.00667. The standard InChI is InChI=1S/C10H21NO/c1-9(2,3)12-8-10(4)6-5-7-11-10/h11H,5-8H2,1-4H3/t10-/m1/s1. The Morgan fingerprint density at radius 2 is 2.08 bits per heavy atom. The highest BCUT2D eigenvalue weighted by atomic mass is 16.5. The van der Waals surface area contributed by atoms with Crippen molar-refractivity contribution < 1.29 is 4.74 Å². The van der Waals surface area contributed by atoms with E-state index < -0.39 is 0 Å². The fraction of sp³-hybridized carbons (Fsp3) is 1.00. The van der Waals surface area contributed by atoms with Crippen molar-refractivity contribution >= 4 is 0 Å². The van der Waals surface area contributed by atoms with E-state index in [4.69, 9.17) is 4.74 Å². The molecule has 0 aromatic heterocycles. The van der Waals surface area contributed by atoms with E-state index in [2.05, 4.69) is 33.0 Å². The van der Waals surface area contributed by atoms with Crippen LogP contribution in [0.15, 0.2) is 0 Å². The molecule has 0 unspecified atom stereocenters. The average Bonchev–Trinajstić information content (AvgIpc) is 2.32. The molecule has 12 heavy (non-hydrogen) atoms. The Morgan fingerprint density at radius 1 is 1.42 bits per heavy atom. The van der Waals surface area contributed by atoms with Crippen LogP contribution in [0.3, 0.4) is 0 Å². The molecule has 1 atom stereocenters. The molecule has 0 aromatic rings. The molecule has 1 heterocycles. The van der Waals surface area contributed by atoms with Crippen LogP contribution in [0.1, 0.15) is 40.5 Å². The molecule has 1 aliphatic heterocycles. The molecular weight excluding hydrogens is 150 g/mol. The summed E-state index contributed by atoms with van der Waals surface area (Å²) in [5.41, 5.74) is 0.223. The maximum absolute atomic E-state index is 5.75. The molecule has 0 saturated carbocycles. The average molecular weight is 171 g/mol. The predicted molar refractivity (Wildman–Crippen MR) is 51.3 cm³/mol. The van der Waals surface area contributed by atoms with E-state index in [1.807, 2.05) is 0 Å². The fourth-order valence-electron chi connectivity index (χ4n) is 1.46. The maximum Gasteiger partial charge on any atom is 0.0652 e. The molecule has 72 valence electrons. The van der Waals surface area contributed by atoms with E-state index in [1.54, 1.807) is 0 Å². The molecule has 1 fully saturated rings. The molecule has 0 amide bonds. The first-order valence-corrected chi connectivity index (χ1v) is 4.80. The van der Waals surface area contributed by atoms with Crippen LogP contribution in [-0.2, 0) is 4.74 Å². The van der Waals surface area contributed by atoms with Crippen molar-refractivity contribution in [3.63, 3.8) is 0 Å². The van der Waals surface area contributed by atoms with Crippen molar-refractivity contribution in [3.05, 3.63) is 0 Å². The van der Waals surface area contributed by atoms with E-state index in [-0.39, 0.29) is 11.1 Å². The van der Waals surface area contributed by atoms with Crippen molar-refractivity contribution in [1.82, 2.24) is 5.32 Å². The number of hydrogen-bond acceptors (Lipinski definition) is 2. The molecule has 1 N–H and O–H groups in total. The van der Waals surface area contributed by atoms with E-state index in [0.717, 1.165) is 13.2 Å². The lowest BCUT2D eigenvalue weighted by atomic mass is 10.0. The Bertz CT molecular complexity index is 142. The Kier molecular flexibility index (Phi) is 2.79. The van der Waals surface area contributed by atoms with Gasteiger partial charge in [0.2, 0.25) is 0 Å². The molecule has 1 rings (SSSR count). The molecule has 0 radical (unpaired) electrons. The van der Waals surface area contributed by atoms with Gasteiger partial charge in [0, 0.05) is 5.54 Å². The summed E-state index contributed by atoms with van der Waals surface area (Å²) in [6, 6.07) is 0. The first kappa shape index (κ1) is 10.0. The minimum Gasteiger partial charge on any atom is -0.374 e. The molecule has 0 aromatic carbocycles. The molecular formula is C10H21NO. The van der Waals surface area contributed by atoms with E-state index >= 15 is 0 Å². The van der Waals surface area contributed by atoms with Gasteiger partial charge in [-0.2, -0.15) is 0 Å². The van der Waals surface area contributed by atoms with Crippen LogP contribution in [0.5, 0.6) is 0 Å². The van der Waals surface area contributed by atoms with Crippen molar-refractivity contribution in [2.24, 2.45) is 0 Å². The minimum atomic E-state index is -0.00667. The lowest BCUT2D eigenvalue weighted by Crippen LogP contribution is -2.43. The summed E-state index contributed by atoms with van der Waals surface area (Å²) in [5.74, 6) is 0. The first-order valence-electron chi connectivity index (χ1n) is 4.80. The topological polar surface area (TPSA) is 21.3 Å². The monoisotopic (exact) mass is 171 g/mol. The number of hydrogen-bond donors (Lipinski definition) is 1. The molecule has 2 nitrogen and oxygen atoms in total. The predicted octanol–water partition coefficient (Wildman–Crippen LogP) is 1.94. The van der Waals surface area contributed by atoms with Gasteiger partial charge in [-0.1, -0.05) is 0 Å². The van der Waals surface area contributed by atoms with Gasteiger partial charge in [0.05, 0.1) is 12.2 Å². The largest absolute Gasteiger partial charge is 0.374 e. The zero-order valence-corrected chi connectivity index (χ0v) is 8.74. The zero-order valence-electron chi connectivity index (χ0n) is 8.74. The highest BCUT2D eigenvalue weighted by Crippen LogP contribution is 2.21. The molecule has 0 bridgehead atoms. The smallest absolute Gasteiger partial charge is 0.0652 e. The van der Waals surface area contributed by atoms with Gasteiger partial charge in [-0.05, 0) is 47.1 Å². The van der Waals surface area contributed by atoms with Gasteiger partial charge in [-0.3, -0.25) is 0 Å². The summed E-state index contributed by atoms with van der Waals surface area (Å²) in [6.07, 6.45) is 2.52. The second-order valence-corrected chi connectivity index (χ2v) is 4.99. The van der Waals surface area contributed by atoms with E-state index in [1.165, 1.54) is 12.8 Å². The van der Waals surface area contributed by atoms with Gasteiger partial charge in [0.15, 0.2) is 0 Å². The van der Waals surface area contributed by atoms with Crippen LogP contribution >= 0.6 is 0 Å². The summed E-state index contributed by atoms with van der Waals surface area (Å²) in [7, 11) is 0. The Morgan fingerprint density at radius 3 is 2.50 bits per heavy atom. The third-order valence-corrected chi connectivity index (χ3v) is 2.28. The number of nitrogens with one attached hydrogen (secondary N) is 1. The normalized spacial score (nSPS) is 31.0. The molecule has 1 aliphatic rings. The molecule has 0 aliphatic carbocycles. The third-order valence-electron chi connectivity index (χ3n) is 2.28. The zero-order chi connectivity index (χ0) is 9.24. The Hall–Kier alpha value is -0.0800. The third kappa shape index (κ3) is 3.11. The van der Waals surface area contributed by atoms with Gasteiger partial charge in [-0.15, -0.1) is 0 Å². The second-order valence-electron chi connectivity index (χ2n) is 4.99. The van der Waals surface area contributed by atoms with Crippen LogP contribution in [0.2, 0.25) is 0 Å². The molecule has 2 heteroatoms. The van der Waals surface area contributed by atoms with Crippen LogP contribution in [-0.4, -0.2) is 24.3 Å². The highest BCUT2D eigenvalue weighted by Gasteiger charge is 2.29. The lowest BCUT2D eigenvalue weighted by molar-refractivity contribution is -0.0299. The van der Waals surface area contributed by atoms with Gasteiger partial charge >= 0.3 is 0 Å². The summed E-state index contributed by atoms with van der Waals surface area (Å²) >= 11 is 0. The molecule has 1 saturated heterocycles. The van der Waals surface area contributed by atoms with Gasteiger partial charge in [-0.25, -0.2) is 0 Å².